The summed E-state index contributed by atoms with van der Waals surface area (Å²) >= 11 is 1.14. The summed E-state index contributed by atoms with van der Waals surface area (Å²) in [7, 11) is 0. The zero-order chi connectivity index (χ0) is 20.6. The van der Waals surface area contributed by atoms with Gasteiger partial charge >= 0.3 is 5.97 Å². The summed E-state index contributed by atoms with van der Waals surface area (Å²) in [5.41, 5.74) is 2.44. The van der Waals surface area contributed by atoms with Gasteiger partial charge in [-0.3, -0.25) is 9.59 Å². The van der Waals surface area contributed by atoms with Crippen LogP contribution in [0.1, 0.15) is 31.9 Å². The minimum atomic E-state index is -0.493. The lowest BCUT2D eigenvalue weighted by molar-refractivity contribution is -0.146. The molecule has 0 radical (unpaired) electrons. The number of rotatable bonds is 9. The number of amides is 1. The molecule has 0 saturated heterocycles. The largest absolute Gasteiger partial charge is 0.455 e. The Hall–Kier alpha value is -2.80. The molecule has 0 bridgehead atoms. The number of oxazole rings is 1. The van der Waals surface area contributed by atoms with E-state index in [2.05, 4.69) is 24.1 Å². The molecule has 1 amide bonds. The average molecular weight is 413 g/mol. The highest BCUT2D eigenvalue weighted by molar-refractivity contribution is 7.99. The average Bonchev–Trinajstić information content (AvgIpc) is 3.13. The van der Waals surface area contributed by atoms with Crippen molar-refractivity contribution in [3.8, 4) is 0 Å². The van der Waals surface area contributed by atoms with Gasteiger partial charge in [-0.1, -0.05) is 68.1 Å². The Labute approximate surface area is 174 Å². The Morgan fingerprint density at radius 2 is 1.83 bits per heavy atom. The number of para-hydroxylation sites is 2. The van der Waals surface area contributed by atoms with Gasteiger partial charge in [0.25, 0.3) is 11.1 Å². The number of esters is 1. The zero-order valence-electron chi connectivity index (χ0n) is 16.5. The SMILES string of the molecule is CC(C)C[C@@H](NC(=O)COC(=O)CSc1nc2ccccc2o1)c1ccccc1. The summed E-state index contributed by atoms with van der Waals surface area (Å²) in [4.78, 5) is 28.5. The Morgan fingerprint density at radius 1 is 1.10 bits per heavy atom. The Morgan fingerprint density at radius 3 is 2.55 bits per heavy atom. The number of nitrogens with zero attached hydrogens (tertiary/aromatic N) is 1. The van der Waals surface area contributed by atoms with Crippen molar-refractivity contribution in [3.05, 3.63) is 60.2 Å². The van der Waals surface area contributed by atoms with Crippen molar-refractivity contribution in [2.75, 3.05) is 12.4 Å². The van der Waals surface area contributed by atoms with Gasteiger partial charge in [-0.25, -0.2) is 4.98 Å². The Kier molecular flexibility index (Phi) is 7.30. The summed E-state index contributed by atoms with van der Waals surface area (Å²) in [6, 6.07) is 17.1. The number of benzene rings is 2. The summed E-state index contributed by atoms with van der Waals surface area (Å²) in [6.07, 6.45) is 0.803. The van der Waals surface area contributed by atoms with Crippen molar-refractivity contribution in [3.63, 3.8) is 0 Å². The molecule has 1 heterocycles. The summed E-state index contributed by atoms with van der Waals surface area (Å²) in [5, 5.41) is 3.35. The molecule has 3 aromatic rings. The molecule has 6 nitrogen and oxygen atoms in total. The van der Waals surface area contributed by atoms with Crippen molar-refractivity contribution >= 4 is 34.7 Å². The van der Waals surface area contributed by atoms with Gasteiger partial charge < -0.3 is 14.5 Å². The van der Waals surface area contributed by atoms with E-state index in [-0.39, 0.29) is 24.3 Å². The minimum Gasteiger partial charge on any atom is -0.455 e. The van der Waals surface area contributed by atoms with Crippen molar-refractivity contribution in [2.45, 2.75) is 31.5 Å². The molecule has 29 heavy (non-hydrogen) atoms. The van der Waals surface area contributed by atoms with Crippen LogP contribution in [0.4, 0.5) is 0 Å². The highest BCUT2D eigenvalue weighted by Crippen LogP contribution is 2.23. The second-order valence-corrected chi connectivity index (χ2v) is 7.98. The number of hydrogen-bond donors (Lipinski definition) is 1. The Bertz CT molecular complexity index is 923. The second kappa shape index (κ2) is 10.1. The minimum absolute atomic E-state index is 0.0220. The lowest BCUT2D eigenvalue weighted by Crippen LogP contribution is -2.33. The van der Waals surface area contributed by atoms with Crippen LogP contribution < -0.4 is 5.32 Å². The molecule has 152 valence electrons. The molecule has 7 heteroatoms. The molecule has 0 spiro atoms. The second-order valence-electron chi connectivity index (χ2n) is 7.06. The zero-order valence-corrected chi connectivity index (χ0v) is 17.3. The molecule has 0 aliphatic carbocycles. The first-order valence-electron chi connectivity index (χ1n) is 9.49. The molecule has 0 unspecified atom stereocenters. The third-order valence-electron chi connectivity index (χ3n) is 4.20. The maximum Gasteiger partial charge on any atom is 0.316 e. The number of hydrogen-bond acceptors (Lipinski definition) is 6. The fourth-order valence-electron chi connectivity index (χ4n) is 2.89. The van der Waals surface area contributed by atoms with Crippen LogP contribution in [0.25, 0.3) is 11.1 Å². The van der Waals surface area contributed by atoms with E-state index in [4.69, 9.17) is 9.15 Å². The van der Waals surface area contributed by atoms with Gasteiger partial charge in [0.2, 0.25) is 0 Å². The predicted molar refractivity (Wildman–Crippen MR) is 112 cm³/mol. The van der Waals surface area contributed by atoms with Crippen LogP contribution in [0, 0.1) is 5.92 Å². The molecule has 1 aromatic heterocycles. The van der Waals surface area contributed by atoms with Crippen molar-refractivity contribution in [1.29, 1.82) is 0 Å². The summed E-state index contributed by atoms with van der Waals surface area (Å²) in [5.74, 6) is -0.378. The molecule has 0 saturated carbocycles. The summed E-state index contributed by atoms with van der Waals surface area (Å²) in [6.45, 7) is 3.89. The molecular formula is C22H24N2O4S. The lowest BCUT2D eigenvalue weighted by atomic mass is 9.97. The van der Waals surface area contributed by atoms with Crippen molar-refractivity contribution < 1.29 is 18.7 Å². The van der Waals surface area contributed by atoms with Gasteiger partial charge in [-0.2, -0.15) is 0 Å². The monoisotopic (exact) mass is 412 g/mol. The normalized spacial score (nSPS) is 12.1. The number of aromatic nitrogens is 1. The molecular weight excluding hydrogens is 388 g/mol. The quantitative estimate of drug-likeness (QED) is 0.415. The number of thioether (sulfide) groups is 1. The third kappa shape index (κ3) is 6.35. The molecule has 0 fully saturated rings. The number of ether oxygens (including phenoxy) is 1. The maximum atomic E-state index is 12.3. The number of carbonyl (C=O) groups is 2. The van der Waals surface area contributed by atoms with E-state index in [0.29, 0.717) is 16.7 Å². The first kappa shape index (κ1) is 20.9. The van der Waals surface area contributed by atoms with Gasteiger partial charge in [0.1, 0.15) is 11.3 Å². The first-order chi connectivity index (χ1) is 14.0. The molecule has 3 rings (SSSR count). The van der Waals surface area contributed by atoms with Gasteiger partial charge in [-0.15, -0.1) is 0 Å². The standard InChI is InChI=1S/C22H24N2O4S/c1-15(2)12-18(16-8-4-3-5-9-16)23-20(25)13-27-21(26)14-29-22-24-17-10-6-7-11-19(17)28-22/h3-11,15,18H,12-14H2,1-2H3,(H,23,25)/t18-/m1/s1. The highest BCUT2D eigenvalue weighted by atomic mass is 32.2. The van der Waals surface area contributed by atoms with E-state index in [1.165, 1.54) is 0 Å². The maximum absolute atomic E-state index is 12.3. The Balaban J connectivity index is 1.46. The van der Waals surface area contributed by atoms with E-state index in [1.807, 2.05) is 54.6 Å². The predicted octanol–water partition coefficient (Wildman–Crippen LogP) is 4.37. The van der Waals surface area contributed by atoms with Gasteiger partial charge in [0, 0.05) is 0 Å². The van der Waals surface area contributed by atoms with Gasteiger partial charge in [0.15, 0.2) is 12.2 Å². The number of carbonyl (C=O) groups excluding carboxylic acids is 2. The van der Waals surface area contributed by atoms with E-state index >= 15 is 0 Å². The van der Waals surface area contributed by atoms with E-state index in [9.17, 15) is 9.59 Å². The van der Waals surface area contributed by atoms with Crippen molar-refractivity contribution in [1.82, 2.24) is 10.3 Å². The smallest absolute Gasteiger partial charge is 0.316 e. The van der Waals surface area contributed by atoms with Crippen LogP contribution in [0.15, 0.2) is 64.2 Å². The van der Waals surface area contributed by atoms with E-state index < -0.39 is 5.97 Å². The highest BCUT2D eigenvalue weighted by Gasteiger charge is 2.17. The number of nitrogens with one attached hydrogen (secondary N) is 1. The van der Waals surface area contributed by atoms with Crippen LogP contribution in [0.5, 0.6) is 0 Å². The van der Waals surface area contributed by atoms with Gasteiger partial charge in [-0.05, 0) is 30.0 Å². The first-order valence-corrected chi connectivity index (χ1v) is 10.5. The molecule has 2 aromatic carbocycles. The van der Waals surface area contributed by atoms with Crippen LogP contribution in [0.2, 0.25) is 0 Å². The van der Waals surface area contributed by atoms with Gasteiger partial charge in [0.05, 0.1) is 6.04 Å². The molecule has 1 atom stereocenters. The van der Waals surface area contributed by atoms with Crippen molar-refractivity contribution in [2.24, 2.45) is 5.92 Å². The number of fused-ring (bicyclic) bond motifs is 1. The summed E-state index contributed by atoms with van der Waals surface area (Å²) < 4.78 is 10.6. The topological polar surface area (TPSA) is 81.4 Å². The van der Waals surface area contributed by atoms with Crippen LogP contribution in [-0.4, -0.2) is 29.2 Å². The fraction of sp³-hybridized carbons (Fsp3) is 0.318. The van der Waals surface area contributed by atoms with Crippen LogP contribution in [-0.2, 0) is 14.3 Å². The molecule has 0 aliphatic rings. The third-order valence-corrected chi connectivity index (χ3v) is 5.00. The van der Waals surface area contributed by atoms with E-state index in [1.54, 1.807) is 0 Å². The fourth-order valence-corrected chi connectivity index (χ4v) is 3.53. The molecule has 0 aliphatic heterocycles. The molecule has 1 N–H and O–H groups in total. The van der Waals surface area contributed by atoms with E-state index in [0.717, 1.165) is 29.3 Å². The van der Waals surface area contributed by atoms with Crippen LogP contribution in [0.3, 0.4) is 0 Å². The lowest BCUT2D eigenvalue weighted by Gasteiger charge is -2.21. The van der Waals surface area contributed by atoms with Crippen LogP contribution >= 0.6 is 11.8 Å².